The van der Waals surface area contributed by atoms with Gasteiger partial charge >= 0.3 is 0 Å². The van der Waals surface area contributed by atoms with Crippen LogP contribution < -0.4 is 5.32 Å². The van der Waals surface area contributed by atoms with E-state index in [4.69, 9.17) is 4.74 Å². The largest absolute Gasteiger partial charge is 0.379 e. The molecule has 0 bridgehead atoms. The first-order valence-electron chi connectivity index (χ1n) is 10.2. The van der Waals surface area contributed by atoms with Crippen molar-refractivity contribution in [2.75, 3.05) is 53.5 Å². The third-order valence-corrected chi connectivity index (χ3v) is 7.45. The molecular weight excluding hydrogens is 392 g/mol. The number of hydrogen-bond acceptors (Lipinski definition) is 5. The van der Waals surface area contributed by atoms with Gasteiger partial charge in [0, 0.05) is 53.4 Å². The third-order valence-electron chi connectivity index (χ3n) is 5.54. The van der Waals surface area contributed by atoms with Crippen molar-refractivity contribution < 1.29 is 17.9 Å². The Kier molecular flexibility index (Phi) is 7.64. The van der Waals surface area contributed by atoms with Gasteiger partial charge in [-0.2, -0.15) is 17.0 Å². The molecule has 162 valence electrons. The van der Waals surface area contributed by atoms with Crippen LogP contribution in [0.4, 0.5) is 0 Å². The van der Waals surface area contributed by atoms with E-state index < -0.39 is 10.2 Å². The Morgan fingerprint density at radius 1 is 1.14 bits per heavy atom. The summed E-state index contributed by atoms with van der Waals surface area (Å²) in [6.45, 7) is 5.57. The summed E-state index contributed by atoms with van der Waals surface area (Å²) in [7, 11) is -0.445. The molecule has 0 spiro atoms. The molecule has 0 aromatic heterocycles. The van der Waals surface area contributed by atoms with Gasteiger partial charge in [-0.25, -0.2) is 0 Å². The highest BCUT2D eigenvalue weighted by Crippen LogP contribution is 2.20. The summed E-state index contributed by atoms with van der Waals surface area (Å²) >= 11 is 0. The highest BCUT2D eigenvalue weighted by atomic mass is 32.2. The van der Waals surface area contributed by atoms with Crippen molar-refractivity contribution in [3.8, 4) is 0 Å². The van der Waals surface area contributed by atoms with Gasteiger partial charge in [0.05, 0.1) is 19.1 Å². The first kappa shape index (κ1) is 22.2. The third kappa shape index (κ3) is 5.99. The van der Waals surface area contributed by atoms with E-state index >= 15 is 0 Å². The fraction of sp³-hybridized carbons (Fsp3) is 0.650. The lowest BCUT2D eigenvalue weighted by molar-refractivity contribution is -0.126. The summed E-state index contributed by atoms with van der Waals surface area (Å²) in [5.74, 6) is -0.389. The average Bonchev–Trinajstić information content (AvgIpc) is 2.73. The van der Waals surface area contributed by atoms with Gasteiger partial charge in [0.15, 0.2) is 0 Å². The molecule has 1 aromatic rings. The van der Waals surface area contributed by atoms with Crippen LogP contribution in [0.2, 0.25) is 0 Å². The van der Waals surface area contributed by atoms with Crippen molar-refractivity contribution in [3.63, 3.8) is 0 Å². The number of hydrogen-bond donors (Lipinski definition) is 1. The lowest BCUT2D eigenvalue weighted by Gasteiger charge is -2.32. The molecule has 29 heavy (non-hydrogen) atoms. The van der Waals surface area contributed by atoms with Gasteiger partial charge in [0.2, 0.25) is 5.91 Å². The minimum absolute atomic E-state index is 0.0824. The van der Waals surface area contributed by atoms with Crippen LogP contribution in [0.15, 0.2) is 24.3 Å². The maximum Gasteiger partial charge on any atom is 0.281 e. The Morgan fingerprint density at radius 3 is 2.45 bits per heavy atom. The fourth-order valence-electron chi connectivity index (χ4n) is 3.71. The molecule has 2 aliphatic rings. The minimum atomic E-state index is -3.48. The molecule has 2 heterocycles. The normalized spacial score (nSPS) is 22.0. The van der Waals surface area contributed by atoms with E-state index in [9.17, 15) is 13.2 Å². The maximum atomic E-state index is 12.6. The zero-order chi connectivity index (χ0) is 20.9. The summed E-state index contributed by atoms with van der Waals surface area (Å²) in [5, 5.41) is 2.97. The molecule has 1 amide bonds. The Labute approximate surface area is 174 Å². The zero-order valence-electron chi connectivity index (χ0n) is 17.3. The molecule has 1 N–H and O–H groups in total. The van der Waals surface area contributed by atoms with Crippen molar-refractivity contribution in [2.45, 2.75) is 25.9 Å². The summed E-state index contributed by atoms with van der Waals surface area (Å²) in [5.41, 5.74) is 2.29. The highest BCUT2D eigenvalue weighted by molar-refractivity contribution is 7.86. The van der Waals surface area contributed by atoms with E-state index in [1.807, 2.05) is 12.1 Å². The number of carbonyl (C=O) groups excluding carboxylic acids is 1. The number of nitrogens with zero attached hydrogens (tertiary/aromatic N) is 3. The molecule has 0 saturated carbocycles. The molecule has 2 fully saturated rings. The van der Waals surface area contributed by atoms with Gasteiger partial charge in [-0.1, -0.05) is 24.3 Å². The van der Waals surface area contributed by atoms with Crippen molar-refractivity contribution in [2.24, 2.45) is 5.92 Å². The summed E-state index contributed by atoms with van der Waals surface area (Å²) in [6, 6.07) is 8.28. The first-order valence-corrected chi connectivity index (χ1v) is 11.6. The number of morpholine rings is 1. The van der Waals surface area contributed by atoms with Gasteiger partial charge in [-0.05, 0) is 24.0 Å². The second kappa shape index (κ2) is 9.99. The number of rotatable bonds is 7. The van der Waals surface area contributed by atoms with E-state index in [0.29, 0.717) is 25.9 Å². The standard InChI is InChI=1S/C20H32N4O4S/c1-22(2)29(26,27)24-9-3-4-19(16-24)20(25)21-14-17-5-7-18(8-6-17)15-23-10-12-28-13-11-23/h5-8,19H,3-4,9-16H2,1-2H3,(H,21,25)/t19-/m1/s1. The van der Waals surface area contributed by atoms with E-state index in [1.54, 1.807) is 0 Å². The molecule has 8 nitrogen and oxygen atoms in total. The number of amides is 1. The van der Waals surface area contributed by atoms with Crippen LogP contribution in [0.3, 0.4) is 0 Å². The Hall–Kier alpha value is -1.52. The van der Waals surface area contributed by atoms with E-state index in [2.05, 4.69) is 22.3 Å². The van der Waals surface area contributed by atoms with Gasteiger partial charge in [0.25, 0.3) is 10.2 Å². The minimum Gasteiger partial charge on any atom is -0.379 e. The number of carbonyl (C=O) groups is 1. The molecule has 3 rings (SSSR count). The zero-order valence-corrected chi connectivity index (χ0v) is 18.2. The number of nitrogens with one attached hydrogen (secondary N) is 1. The van der Waals surface area contributed by atoms with Crippen LogP contribution in [-0.2, 0) is 32.8 Å². The van der Waals surface area contributed by atoms with Crippen LogP contribution in [0.1, 0.15) is 24.0 Å². The quantitative estimate of drug-likeness (QED) is 0.695. The lowest BCUT2D eigenvalue weighted by Crippen LogP contribution is -2.48. The average molecular weight is 425 g/mol. The van der Waals surface area contributed by atoms with E-state index in [0.717, 1.165) is 38.4 Å². The van der Waals surface area contributed by atoms with Crippen molar-refractivity contribution in [1.82, 2.24) is 18.8 Å². The van der Waals surface area contributed by atoms with Gasteiger partial charge < -0.3 is 10.1 Å². The Balaban J connectivity index is 1.48. The summed E-state index contributed by atoms with van der Waals surface area (Å²) < 4.78 is 32.6. The van der Waals surface area contributed by atoms with Crippen LogP contribution in [0, 0.1) is 5.92 Å². The molecule has 0 radical (unpaired) electrons. The molecule has 2 saturated heterocycles. The molecular formula is C20H32N4O4S. The molecule has 1 aromatic carbocycles. The molecule has 1 atom stereocenters. The predicted molar refractivity (Wildman–Crippen MR) is 111 cm³/mol. The Morgan fingerprint density at radius 2 is 1.79 bits per heavy atom. The van der Waals surface area contributed by atoms with Crippen LogP contribution >= 0.6 is 0 Å². The summed E-state index contributed by atoms with van der Waals surface area (Å²) in [4.78, 5) is 15.0. The topological polar surface area (TPSA) is 82.2 Å². The van der Waals surface area contributed by atoms with Crippen LogP contribution in [0.25, 0.3) is 0 Å². The second-order valence-corrected chi connectivity index (χ2v) is 10.1. The molecule has 0 aliphatic carbocycles. The van der Waals surface area contributed by atoms with E-state index in [-0.39, 0.29) is 18.4 Å². The highest BCUT2D eigenvalue weighted by Gasteiger charge is 2.33. The number of ether oxygens (including phenoxy) is 1. The van der Waals surface area contributed by atoms with Crippen LogP contribution in [0.5, 0.6) is 0 Å². The fourth-order valence-corrected chi connectivity index (χ4v) is 4.90. The van der Waals surface area contributed by atoms with E-state index in [1.165, 1.54) is 28.3 Å². The van der Waals surface area contributed by atoms with Crippen LogP contribution in [-0.4, -0.2) is 81.3 Å². The SMILES string of the molecule is CN(C)S(=O)(=O)N1CCC[C@@H](C(=O)NCc2ccc(CN3CCOCC3)cc2)C1. The second-order valence-electron chi connectivity index (χ2n) is 7.91. The molecule has 9 heteroatoms. The van der Waals surface area contributed by atoms with Crippen molar-refractivity contribution in [3.05, 3.63) is 35.4 Å². The van der Waals surface area contributed by atoms with Crippen molar-refractivity contribution >= 4 is 16.1 Å². The van der Waals surface area contributed by atoms with Gasteiger partial charge in [-0.15, -0.1) is 0 Å². The van der Waals surface area contributed by atoms with Gasteiger partial charge in [-0.3, -0.25) is 9.69 Å². The number of benzene rings is 1. The molecule has 0 unspecified atom stereocenters. The summed E-state index contributed by atoms with van der Waals surface area (Å²) in [6.07, 6.45) is 1.41. The smallest absolute Gasteiger partial charge is 0.281 e. The first-order chi connectivity index (χ1) is 13.9. The van der Waals surface area contributed by atoms with Gasteiger partial charge in [0.1, 0.15) is 0 Å². The maximum absolute atomic E-state index is 12.6. The Bertz CT molecular complexity index is 776. The number of piperidine rings is 1. The predicted octanol–water partition coefficient (Wildman–Crippen LogP) is 0.653. The monoisotopic (exact) mass is 424 g/mol. The lowest BCUT2D eigenvalue weighted by atomic mass is 9.98. The van der Waals surface area contributed by atoms with Crippen molar-refractivity contribution in [1.29, 1.82) is 0 Å². The molecule has 2 aliphatic heterocycles.